The van der Waals surface area contributed by atoms with Gasteiger partial charge in [0.05, 0.1) is 17.7 Å². The van der Waals surface area contributed by atoms with Gasteiger partial charge in [-0.05, 0) is 35.7 Å². The molecule has 144 valence electrons. The number of hydrogen-bond acceptors (Lipinski definition) is 4. The normalized spacial score (nSPS) is 10.7. The van der Waals surface area contributed by atoms with E-state index in [-0.39, 0.29) is 17.9 Å². The smallest absolute Gasteiger partial charge is 0.260 e. The lowest BCUT2D eigenvalue weighted by atomic mass is 10.0. The summed E-state index contributed by atoms with van der Waals surface area (Å²) in [6.45, 7) is 4.18. The Morgan fingerprint density at radius 3 is 2.64 bits per heavy atom. The largest absolute Gasteiger partial charge is 0.326 e. The molecule has 7 heteroatoms. The molecule has 2 aromatic carbocycles. The van der Waals surface area contributed by atoms with Crippen LogP contribution in [0.3, 0.4) is 0 Å². The average Bonchev–Trinajstić information content (AvgIpc) is 3.08. The fourth-order valence-electron chi connectivity index (χ4n) is 2.60. The van der Waals surface area contributed by atoms with Gasteiger partial charge < -0.3 is 5.32 Å². The Morgan fingerprint density at radius 2 is 1.89 bits per heavy atom. The monoisotopic (exact) mass is 397 g/mol. The van der Waals surface area contributed by atoms with Crippen LogP contribution in [0.5, 0.6) is 0 Å². The van der Waals surface area contributed by atoms with Gasteiger partial charge in [-0.1, -0.05) is 38.1 Å². The highest BCUT2D eigenvalue weighted by molar-refractivity contribution is 7.14. The van der Waals surface area contributed by atoms with Crippen molar-refractivity contribution >= 4 is 34.0 Å². The summed E-state index contributed by atoms with van der Waals surface area (Å²) in [6.07, 6.45) is 0.0813. The molecule has 1 heterocycles. The molecule has 0 bridgehead atoms. The van der Waals surface area contributed by atoms with Crippen LogP contribution >= 0.6 is 11.3 Å². The molecule has 0 saturated carbocycles. The molecule has 0 unspecified atom stereocenters. The van der Waals surface area contributed by atoms with Crippen LogP contribution in [0.1, 0.15) is 41.4 Å². The Labute approximate surface area is 166 Å². The van der Waals surface area contributed by atoms with Gasteiger partial charge in [-0.3, -0.25) is 14.9 Å². The number of nitrogens with one attached hydrogen (secondary N) is 2. The maximum atomic E-state index is 13.7. The zero-order chi connectivity index (χ0) is 20.1. The van der Waals surface area contributed by atoms with Crippen LogP contribution in [0.4, 0.5) is 15.2 Å². The highest BCUT2D eigenvalue weighted by Crippen LogP contribution is 2.20. The molecule has 0 aliphatic heterocycles. The molecule has 5 nitrogen and oxygen atoms in total. The third-order valence-corrected chi connectivity index (χ3v) is 4.88. The lowest BCUT2D eigenvalue weighted by Crippen LogP contribution is -2.15. The quantitative estimate of drug-likeness (QED) is 0.625. The van der Waals surface area contributed by atoms with Crippen molar-refractivity contribution in [3.8, 4) is 0 Å². The summed E-state index contributed by atoms with van der Waals surface area (Å²) >= 11 is 1.19. The molecular formula is C21H20FN3O2S. The number of hydrogen-bond donors (Lipinski definition) is 2. The maximum absolute atomic E-state index is 13.7. The molecule has 0 saturated heterocycles. The minimum atomic E-state index is -0.597. The van der Waals surface area contributed by atoms with Crippen molar-refractivity contribution in [2.45, 2.75) is 26.2 Å². The van der Waals surface area contributed by atoms with Crippen molar-refractivity contribution in [2.24, 2.45) is 0 Å². The fourth-order valence-corrected chi connectivity index (χ4v) is 3.31. The van der Waals surface area contributed by atoms with E-state index in [9.17, 15) is 14.0 Å². The molecule has 3 rings (SSSR count). The summed E-state index contributed by atoms with van der Waals surface area (Å²) in [5.74, 6) is -0.997. The first-order chi connectivity index (χ1) is 13.4. The highest BCUT2D eigenvalue weighted by atomic mass is 32.1. The van der Waals surface area contributed by atoms with E-state index in [2.05, 4.69) is 29.5 Å². The van der Waals surface area contributed by atoms with Crippen LogP contribution < -0.4 is 10.6 Å². The Morgan fingerprint density at radius 1 is 1.11 bits per heavy atom. The maximum Gasteiger partial charge on any atom is 0.260 e. The van der Waals surface area contributed by atoms with Crippen molar-refractivity contribution in [2.75, 3.05) is 10.6 Å². The second-order valence-electron chi connectivity index (χ2n) is 6.58. The van der Waals surface area contributed by atoms with Crippen LogP contribution in [0.2, 0.25) is 0 Å². The van der Waals surface area contributed by atoms with Crippen LogP contribution in [0.25, 0.3) is 0 Å². The van der Waals surface area contributed by atoms with Gasteiger partial charge in [0.25, 0.3) is 5.91 Å². The first kappa shape index (κ1) is 19.7. The van der Waals surface area contributed by atoms with E-state index in [4.69, 9.17) is 0 Å². The van der Waals surface area contributed by atoms with E-state index < -0.39 is 11.7 Å². The Kier molecular flexibility index (Phi) is 6.16. The summed E-state index contributed by atoms with van der Waals surface area (Å²) in [4.78, 5) is 28.6. The molecule has 3 aromatic rings. The predicted molar refractivity (Wildman–Crippen MR) is 109 cm³/mol. The summed E-state index contributed by atoms with van der Waals surface area (Å²) in [6, 6.07) is 13.4. The van der Waals surface area contributed by atoms with Crippen LogP contribution in [-0.4, -0.2) is 16.8 Å². The summed E-state index contributed by atoms with van der Waals surface area (Å²) in [5, 5.41) is 7.43. The number of thiazole rings is 1. The van der Waals surface area contributed by atoms with Crippen molar-refractivity contribution < 1.29 is 14.0 Å². The van der Waals surface area contributed by atoms with E-state index in [1.54, 1.807) is 11.4 Å². The predicted octanol–water partition coefficient (Wildman–Crippen LogP) is 4.84. The van der Waals surface area contributed by atoms with Crippen molar-refractivity contribution in [3.63, 3.8) is 0 Å². The Hall–Kier alpha value is -3.06. The van der Waals surface area contributed by atoms with Crippen LogP contribution in [0.15, 0.2) is 53.9 Å². The van der Waals surface area contributed by atoms with Gasteiger partial charge >= 0.3 is 0 Å². The fraction of sp³-hybridized carbons (Fsp3) is 0.190. The second-order valence-corrected chi connectivity index (χ2v) is 7.44. The summed E-state index contributed by atoms with van der Waals surface area (Å²) in [5.41, 5.74) is 2.36. The molecule has 2 amide bonds. The van der Waals surface area contributed by atoms with Crippen molar-refractivity contribution in [1.29, 1.82) is 0 Å². The number of anilines is 2. The van der Waals surface area contributed by atoms with E-state index in [0.29, 0.717) is 16.7 Å². The first-order valence-electron chi connectivity index (χ1n) is 8.82. The van der Waals surface area contributed by atoms with E-state index in [1.165, 1.54) is 29.5 Å². The number of nitrogens with zero attached hydrogens (tertiary/aromatic N) is 1. The third kappa shape index (κ3) is 5.01. The highest BCUT2D eigenvalue weighted by Gasteiger charge is 2.14. The Balaban J connectivity index is 1.60. The van der Waals surface area contributed by atoms with Crippen LogP contribution in [0, 0.1) is 5.82 Å². The number of rotatable bonds is 6. The number of amides is 2. The molecule has 0 fully saturated rings. The standard InChI is InChI=1S/C21H20FN3O2S/c1-13(2)14-6-5-7-15(10-14)23-19(26)11-16-12-28-21(24-16)25-20(27)17-8-3-4-9-18(17)22/h3-10,12-13H,11H2,1-2H3,(H,23,26)(H,24,25,27). The van der Waals surface area contributed by atoms with Gasteiger partial charge in [-0.2, -0.15) is 0 Å². The SMILES string of the molecule is CC(C)c1cccc(NC(=O)Cc2csc(NC(=O)c3ccccc3F)n2)c1. The average molecular weight is 397 g/mol. The van der Waals surface area contributed by atoms with Gasteiger partial charge in [-0.15, -0.1) is 11.3 Å². The number of carbonyl (C=O) groups is 2. The third-order valence-electron chi connectivity index (χ3n) is 4.07. The molecule has 0 aliphatic carbocycles. The Bertz CT molecular complexity index is 1000. The molecule has 2 N–H and O–H groups in total. The topological polar surface area (TPSA) is 71.1 Å². The van der Waals surface area contributed by atoms with Crippen molar-refractivity contribution in [3.05, 3.63) is 76.5 Å². The summed E-state index contributed by atoms with van der Waals surface area (Å²) in [7, 11) is 0. The van der Waals surface area contributed by atoms with Gasteiger partial charge in [-0.25, -0.2) is 9.37 Å². The zero-order valence-corrected chi connectivity index (χ0v) is 16.3. The van der Waals surface area contributed by atoms with Crippen LogP contribution in [-0.2, 0) is 11.2 Å². The summed E-state index contributed by atoms with van der Waals surface area (Å²) < 4.78 is 13.7. The minimum absolute atomic E-state index is 0.0537. The number of carbonyl (C=O) groups excluding carboxylic acids is 2. The zero-order valence-electron chi connectivity index (χ0n) is 15.5. The number of halogens is 1. The van der Waals surface area contributed by atoms with E-state index in [0.717, 1.165) is 11.3 Å². The van der Waals surface area contributed by atoms with Crippen molar-refractivity contribution in [1.82, 2.24) is 4.98 Å². The molecule has 0 radical (unpaired) electrons. The van der Waals surface area contributed by atoms with Gasteiger partial charge in [0.2, 0.25) is 5.91 Å². The first-order valence-corrected chi connectivity index (χ1v) is 9.70. The number of aromatic nitrogens is 1. The molecule has 1 aromatic heterocycles. The van der Waals surface area contributed by atoms with Gasteiger partial charge in [0, 0.05) is 11.1 Å². The van der Waals surface area contributed by atoms with E-state index >= 15 is 0 Å². The van der Waals surface area contributed by atoms with Gasteiger partial charge in [0.1, 0.15) is 5.82 Å². The van der Waals surface area contributed by atoms with Gasteiger partial charge in [0.15, 0.2) is 5.13 Å². The molecule has 0 spiro atoms. The molecule has 28 heavy (non-hydrogen) atoms. The molecule has 0 atom stereocenters. The minimum Gasteiger partial charge on any atom is -0.326 e. The number of benzene rings is 2. The lowest BCUT2D eigenvalue weighted by molar-refractivity contribution is -0.115. The molecular weight excluding hydrogens is 377 g/mol. The molecule has 0 aliphatic rings. The lowest BCUT2D eigenvalue weighted by Gasteiger charge is -2.09. The van der Waals surface area contributed by atoms with E-state index in [1.807, 2.05) is 24.3 Å². The second kappa shape index (κ2) is 8.75.